The van der Waals surface area contributed by atoms with Crippen LogP contribution in [0.25, 0.3) is 0 Å². The molecule has 0 amide bonds. The first-order valence-corrected chi connectivity index (χ1v) is 5.40. The first-order valence-electron chi connectivity index (χ1n) is 5.40. The molecule has 2 heterocycles. The summed E-state index contributed by atoms with van der Waals surface area (Å²) in [5, 5.41) is 14.4. The molecule has 3 N–H and O–H groups in total. The molecule has 1 aliphatic heterocycles. The zero-order valence-corrected chi connectivity index (χ0v) is 10.2. The highest BCUT2D eigenvalue weighted by Gasteiger charge is 2.36. The second-order valence-corrected chi connectivity index (χ2v) is 4.64. The number of nitrogens with one attached hydrogen (secondary N) is 2. The molecular weight excluding hydrogens is 218 g/mol. The summed E-state index contributed by atoms with van der Waals surface area (Å²) < 4.78 is 0. The van der Waals surface area contributed by atoms with Crippen LogP contribution in [0.3, 0.4) is 0 Å². The summed E-state index contributed by atoms with van der Waals surface area (Å²) in [4.78, 5) is 11.3. The van der Waals surface area contributed by atoms with E-state index in [9.17, 15) is 5.21 Å². The summed E-state index contributed by atoms with van der Waals surface area (Å²) >= 11 is 0. The number of rotatable bonds is 3. The van der Waals surface area contributed by atoms with Crippen LogP contribution in [0.1, 0.15) is 32.6 Å². The lowest BCUT2D eigenvalue weighted by Gasteiger charge is -2.38. The van der Waals surface area contributed by atoms with Gasteiger partial charge in [0.05, 0.1) is 18.2 Å². The molecule has 1 aromatic heterocycles. The SMILES string of the molecule is C=C(C)C(C)(C)N(O)C1N=CNc2nc[nH]c21. The van der Waals surface area contributed by atoms with Gasteiger partial charge in [-0.25, -0.2) is 9.98 Å². The highest BCUT2D eigenvalue weighted by Crippen LogP contribution is 2.34. The van der Waals surface area contributed by atoms with E-state index < -0.39 is 11.7 Å². The Morgan fingerprint density at radius 2 is 2.29 bits per heavy atom. The lowest BCUT2D eigenvalue weighted by molar-refractivity contribution is -0.181. The van der Waals surface area contributed by atoms with Gasteiger partial charge in [-0.1, -0.05) is 12.2 Å². The Balaban J connectivity index is 2.33. The number of nitrogens with zero attached hydrogens (tertiary/aromatic N) is 3. The third-order valence-electron chi connectivity index (χ3n) is 3.19. The van der Waals surface area contributed by atoms with E-state index in [4.69, 9.17) is 0 Å². The number of aromatic nitrogens is 2. The minimum atomic E-state index is -0.568. The monoisotopic (exact) mass is 235 g/mol. The summed E-state index contributed by atoms with van der Waals surface area (Å²) in [6, 6.07) is 0. The number of hydrogen-bond donors (Lipinski definition) is 3. The van der Waals surface area contributed by atoms with Crippen LogP contribution in [0.5, 0.6) is 0 Å². The second kappa shape index (κ2) is 3.97. The average molecular weight is 235 g/mol. The third-order valence-corrected chi connectivity index (χ3v) is 3.19. The molecule has 1 atom stereocenters. The van der Waals surface area contributed by atoms with Crippen molar-refractivity contribution in [1.29, 1.82) is 0 Å². The van der Waals surface area contributed by atoms with Crippen LogP contribution in [-0.4, -0.2) is 32.1 Å². The van der Waals surface area contributed by atoms with E-state index in [0.29, 0.717) is 5.82 Å². The maximum Gasteiger partial charge on any atom is 0.171 e. The third kappa shape index (κ3) is 1.85. The summed E-state index contributed by atoms with van der Waals surface area (Å²) in [5.41, 5.74) is 1.03. The van der Waals surface area contributed by atoms with Gasteiger partial charge in [-0.15, -0.1) is 0 Å². The van der Waals surface area contributed by atoms with Crippen LogP contribution in [0.4, 0.5) is 5.82 Å². The van der Waals surface area contributed by atoms with Crippen molar-refractivity contribution in [2.24, 2.45) is 4.99 Å². The molecule has 0 saturated heterocycles. The van der Waals surface area contributed by atoms with Gasteiger partial charge in [-0.3, -0.25) is 0 Å². The van der Waals surface area contributed by atoms with Crippen molar-refractivity contribution >= 4 is 12.2 Å². The fourth-order valence-corrected chi connectivity index (χ4v) is 1.55. The number of H-pyrrole nitrogens is 1. The van der Waals surface area contributed by atoms with E-state index in [2.05, 4.69) is 26.9 Å². The molecule has 0 spiro atoms. The van der Waals surface area contributed by atoms with Crippen molar-refractivity contribution in [1.82, 2.24) is 15.0 Å². The molecule has 1 aromatic rings. The molecule has 6 heteroatoms. The van der Waals surface area contributed by atoms with Crippen molar-refractivity contribution in [3.05, 3.63) is 24.2 Å². The number of aromatic amines is 1. The summed E-state index contributed by atoms with van der Waals surface area (Å²) in [6.07, 6.45) is 2.60. The largest absolute Gasteiger partial charge is 0.344 e. The number of hydroxylamine groups is 2. The smallest absolute Gasteiger partial charge is 0.171 e. The molecule has 6 nitrogen and oxygen atoms in total. The van der Waals surface area contributed by atoms with Crippen LogP contribution in [0.15, 0.2) is 23.5 Å². The van der Waals surface area contributed by atoms with E-state index in [-0.39, 0.29) is 0 Å². The fourth-order valence-electron chi connectivity index (χ4n) is 1.55. The van der Waals surface area contributed by atoms with E-state index in [0.717, 1.165) is 11.3 Å². The average Bonchev–Trinajstić information content (AvgIpc) is 2.75. The van der Waals surface area contributed by atoms with Gasteiger partial charge < -0.3 is 15.5 Å². The van der Waals surface area contributed by atoms with Crippen molar-refractivity contribution in [2.75, 3.05) is 5.32 Å². The van der Waals surface area contributed by atoms with Gasteiger partial charge >= 0.3 is 0 Å². The molecule has 17 heavy (non-hydrogen) atoms. The highest BCUT2D eigenvalue weighted by atomic mass is 16.5. The Morgan fingerprint density at radius 3 is 2.94 bits per heavy atom. The van der Waals surface area contributed by atoms with Crippen molar-refractivity contribution in [3.8, 4) is 0 Å². The number of anilines is 1. The van der Waals surface area contributed by atoms with Gasteiger partial charge in [0, 0.05) is 0 Å². The Morgan fingerprint density at radius 1 is 1.59 bits per heavy atom. The zero-order valence-electron chi connectivity index (χ0n) is 10.2. The first kappa shape index (κ1) is 11.8. The fraction of sp³-hybridized carbons (Fsp3) is 0.455. The van der Waals surface area contributed by atoms with E-state index in [1.165, 1.54) is 11.4 Å². The lowest BCUT2D eigenvalue weighted by Crippen LogP contribution is -2.45. The molecule has 0 aliphatic carbocycles. The minimum absolute atomic E-state index is 0.500. The topological polar surface area (TPSA) is 76.5 Å². The van der Waals surface area contributed by atoms with Gasteiger partial charge in [0.15, 0.2) is 12.0 Å². The van der Waals surface area contributed by atoms with Crippen molar-refractivity contribution in [3.63, 3.8) is 0 Å². The number of imidazole rings is 1. The normalized spacial score (nSPS) is 19.0. The van der Waals surface area contributed by atoms with Crippen LogP contribution in [0, 0.1) is 0 Å². The quantitative estimate of drug-likeness (QED) is 0.552. The molecule has 1 unspecified atom stereocenters. The van der Waals surface area contributed by atoms with Crippen LogP contribution in [0.2, 0.25) is 0 Å². The highest BCUT2D eigenvalue weighted by molar-refractivity contribution is 5.77. The molecule has 92 valence electrons. The summed E-state index contributed by atoms with van der Waals surface area (Å²) in [6.45, 7) is 9.55. The first-order chi connectivity index (χ1) is 7.94. The minimum Gasteiger partial charge on any atom is -0.344 e. The van der Waals surface area contributed by atoms with Crippen LogP contribution < -0.4 is 5.32 Å². The van der Waals surface area contributed by atoms with Gasteiger partial charge in [0.2, 0.25) is 0 Å². The molecule has 0 saturated carbocycles. The summed E-state index contributed by atoms with van der Waals surface area (Å²) in [7, 11) is 0. The maximum absolute atomic E-state index is 10.3. The predicted molar refractivity (Wildman–Crippen MR) is 66.0 cm³/mol. The number of hydrogen-bond acceptors (Lipinski definition) is 5. The second-order valence-electron chi connectivity index (χ2n) is 4.64. The predicted octanol–water partition coefficient (Wildman–Crippen LogP) is 1.91. The lowest BCUT2D eigenvalue weighted by atomic mass is 9.95. The molecule has 0 aromatic carbocycles. The van der Waals surface area contributed by atoms with E-state index >= 15 is 0 Å². The molecular formula is C11H17N5O. The van der Waals surface area contributed by atoms with Gasteiger partial charge in [-0.2, -0.15) is 5.06 Å². The van der Waals surface area contributed by atoms with E-state index in [1.807, 2.05) is 20.8 Å². The molecule has 1 aliphatic rings. The maximum atomic E-state index is 10.3. The van der Waals surface area contributed by atoms with Crippen molar-refractivity contribution in [2.45, 2.75) is 32.5 Å². The van der Waals surface area contributed by atoms with Crippen LogP contribution in [-0.2, 0) is 0 Å². The Kier molecular flexibility index (Phi) is 2.76. The Labute approximate surface area is 100 Å². The zero-order chi connectivity index (χ0) is 12.6. The Hall–Kier alpha value is -1.66. The molecule has 0 fully saturated rings. The molecule has 0 bridgehead atoms. The van der Waals surface area contributed by atoms with Gasteiger partial charge in [-0.05, 0) is 20.8 Å². The Bertz CT molecular complexity index is 462. The van der Waals surface area contributed by atoms with Gasteiger partial charge in [0.25, 0.3) is 0 Å². The number of fused-ring (bicyclic) bond motifs is 1. The van der Waals surface area contributed by atoms with Gasteiger partial charge in [0.1, 0.15) is 5.69 Å². The molecule has 0 radical (unpaired) electrons. The summed E-state index contributed by atoms with van der Waals surface area (Å²) in [5.74, 6) is 0.682. The van der Waals surface area contributed by atoms with E-state index in [1.54, 1.807) is 6.33 Å². The standard InChI is InChI=1S/C11H17N5O/c1-7(2)11(3,4)16(17)10-8-9(13-5-12-8)14-6-15-10/h5-6,10,17H,1H2,2-4H3,(H,12,13)(H,14,15). The van der Waals surface area contributed by atoms with Crippen molar-refractivity contribution < 1.29 is 5.21 Å². The number of aliphatic imine (C=N–C) groups is 1. The van der Waals surface area contributed by atoms with Crippen LogP contribution >= 0.6 is 0 Å². The molecule has 2 rings (SSSR count).